The molecule has 0 radical (unpaired) electrons. The zero-order chi connectivity index (χ0) is 18.9. The van der Waals surface area contributed by atoms with Gasteiger partial charge < -0.3 is 19.6 Å². The van der Waals surface area contributed by atoms with Crippen LogP contribution in [0.3, 0.4) is 0 Å². The highest BCUT2D eigenvalue weighted by Crippen LogP contribution is 2.40. The van der Waals surface area contributed by atoms with Crippen LogP contribution in [0.25, 0.3) is 0 Å². The van der Waals surface area contributed by atoms with Crippen molar-refractivity contribution in [3.05, 3.63) is 24.3 Å². The second kappa shape index (κ2) is 7.41. The maximum atomic E-state index is 12.7. The third kappa shape index (κ3) is 4.20. The van der Waals surface area contributed by atoms with Crippen molar-refractivity contribution in [3.63, 3.8) is 0 Å². The molecule has 0 unspecified atom stereocenters. The number of para-hydroxylation sites is 2. The molecule has 1 N–H and O–H groups in total. The van der Waals surface area contributed by atoms with Gasteiger partial charge in [-0.1, -0.05) is 12.1 Å². The molecule has 1 aromatic carbocycles. The van der Waals surface area contributed by atoms with E-state index in [1.54, 1.807) is 24.3 Å². The van der Waals surface area contributed by atoms with Gasteiger partial charge in [-0.15, -0.1) is 0 Å². The minimum Gasteiger partial charge on any atom is -0.504 e. The van der Waals surface area contributed by atoms with E-state index in [2.05, 4.69) is 0 Å². The number of phenolic OH excluding ortho intramolecular Hbond substituents is 1. The summed E-state index contributed by atoms with van der Waals surface area (Å²) in [5.74, 6) is 1.29. The highest BCUT2D eigenvalue weighted by molar-refractivity contribution is 5.79. The molecular formula is C21H28N2O4. The zero-order valence-corrected chi connectivity index (χ0v) is 15.7. The Hall–Kier alpha value is -2.24. The smallest absolute Gasteiger partial charge is 0.260 e. The van der Waals surface area contributed by atoms with Crippen LogP contribution in [-0.4, -0.2) is 59.5 Å². The third-order valence-corrected chi connectivity index (χ3v) is 6.15. The number of nitrogens with zero attached hydrogens (tertiary/aromatic N) is 2. The number of benzene rings is 1. The Morgan fingerprint density at radius 1 is 1.22 bits per heavy atom. The van der Waals surface area contributed by atoms with E-state index < -0.39 is 0 Å². The maximum absolute atomic E-state index is 12.7. The number of carbonyl (C=O) groups is 2. The predicted molar refractivity (Wildman–Crippen MR) is 100 cm³/mol. The van der Waals surface area contributed by atoms with Crippen molar-refractivity contribution in [3.8, 4) is 11.5 Å². The van der Waals surface area contributed by atoms with Crippen LogP contribution in [0.15, 0.2) is 24.3 Å². The van der Waals surface area contributed by atoms with Gasteiger partial charge in [-0.3, -0.25) is 9.59 Å². The Balaban J connectivity index is 1.36. The van der Waals surface area contributed by atoms with Crippen LogP contribution in [0.4, 0.5) is 0 Å². The molecule has 1 spiro atoms. The Labute approximate surface area is 160 Å². The summed E-state index contributed by atoms with van der Waals surface area (Å²) >= 11 is 0. The number of phenols is 1. The van der Waals surface area contributed by atoms with E-state index in [0.717, 1.165) is 38.9 Å². The van der Waals surface area contributed by atoms with Gasteiger partial charge in [0.2, 0.25) is 5.91 Å². The van der Waals surface area contributed by atoms with Crippen LogP contribution in [0.1, 0.15) is 38.5 Å². The molecule has 2 amide bonds. The molecule has 146 valence electrons. The zero-order valence-electron chi connectivity index (χ0n) is 15.7. The first-order valence-corrected chi connectivity index (χ1v) is 10.0. The van der Waals surface area contributed by atoms with Crippen molar-refractivity contribution >= 4 is 11.8 Å². The minimum absolute atomic E-state index is 0.0333. The molecule has 3 aliphatic rings. The molecule has 0 bridgehead atoms. The van der Waals surface area contributed by atoms with Gasteiger partial charge in [0.25, 0.3) is 5.91 Å². The molecule has 6 heteroatoms. The maximum Gasteiger partial charge on any atom is 0.260 e. The number of ether oxygens (including phenoxy) is 1. The molecule has 3 fully saturated rings. The summed E-state index contributed by atoms with van der Waals surface area (Å²) in [6, 6.07) is 6.69. The van der Waals surface area contributed by atoms with Crippen LogP contribution in [0.2, 0.25) is 0 Å². The van der Waals surface area contributed by atoms with Crippen molar-refractivity contribution in [2.24, 2.45) is 11.3 Å². The van der Waals surface area contributed by atoms with Crippen molar-refractivity contribution < 1.29 is 19.4 Å². The van der Waals surface area contributed by atoms with Gasteiger partial charge in [0.15, 0.2) is 18.1 Å². The fourth-order valence-corrected chi connectivity index (χ4v) is 4.44. The lowest BCUT2D eigenvalue weighted by Gasteiger charge is -2.48. The number of aromatic hydroxyl groups is 1. The van der Waals surface area contributed by atoms with E-state index in [0.29, 0.717) is 24.6 Å². The first-order chi connectivity index (χ1) is 13.0. The van der Waals surface area contributed by atoms with Crippen LogP contribution in [0, 0.1) is 11.3 Å². The lowest BCUT2D eigenvalue weighted by molar-refractivity contribution is -0.144. The number of amides is 2. The van der Waals surface area contributed by atoms with Gasteiger partial charge in [-0.2, -0.15) is 0 Å². The second-order valence-electron chi connectivity index (χ2n) is 8.39. The molecule has 27 heavy (non-hydrogen) atoms. The lowest BCUT2D eigenvalue weighted by Crippen LogP contribution is -2.55. The Bertz CT molecular complexity index is 718. The second-order valence-corrected chi connectivity index (χ2v) is 8.39. The molecule has 1 atom stereocenters. The standard InChI is InChI=1S/C21H28N2O4/c24-17-4-1-2-5-18(17)27-13-20(26)22-11-3-9-21(14-22)10-8-19(25)23(15-21)12-16-6-7-16/h1-2,4-5,16,24H,3,6-15H2/t21-/m1/s1. The van der Waals surface area contributed by atoms with Gasteiger partial charge in [0.05, 0.1) is 0 Å². The molecule has 6 nitrogen and oxygen atoms in total. The van der Waals surface area contributed by atoms with E-state index in [1.165, 1.54) is 12.8 Å². The number of hydrogen-bond acceptors (Lipinski definition) is 4. The highest BCUT2D eigenvalue weighted by atomic mass is 16.5. The number of likely N-dealkylation sites (tertiary alicyclic amines) is 2. The van der Waals surface area contributed by atoms with Crippen molar-refractivity contribution in [2.75, 3.05) is 32.8 Å². The van der Waals surface area contributed by atoms with E-state index in [-0.39, 0.29) is 29.6 Å². The highest BCUT2D eigenvalue weighted by Gasteiger charge is 2.43. The summed E-state index contributed by atoms with van der Waals surface area (Å²) in [7, 11) is 0. The number of rotatable bonds is 5. The fourth-order valence-electron chi connectivity index (χ4n) is 4.44. The van der Waals surface area contributed by atoms with Gasteiger partial charge in [-0.25, -0.2) is 0 Å². The lowest BCUT2D eigenvalue weighted by atomic mass is 9.73. The average Bonchev–Trinajstić information content (AvgIpc) is 3.48. The third-order valence-electron chi connectivity index (χ3n) is 6.15. The molecule has 2 saturated heterocycles. The summed E-state index contributed by atoms with van der Waals surface area (Å²) in [6.45, 7) is 3.04. The molecule has 2 heterocycles. The Morgan fingerprint density at radius 2 is 2.04 bits per heavy atom. The van der Waals surface area contributed by atoms with E-state index in [4.69, 9.17) is 4.74 Å². The van der Waals surface area contributed by atoms with Crippen molar-refractivity contribution in [2.45, 2.75) is 38.5 Å². The Morgan fingerprint density at radius 3 is 2.81 bits per heavy atom. The number of hydrogen-bond donors (Lipinski definition) is 1. The van der Waals surface area contributed by atoms with Gasteiger partial charge >= 0.3 is 0 Å². The van der Waals surface area contributed by atoms with Crippen LogP contribution in [0.5, 0.6) is 11.5 Å². The Kier molecular flexibility index (Phi) is 4.98. The molecule has 4 rings (SSSR count). The number of piperidine rings is 2. The van der Waals surface area contributed by atoms with Crippen LogP contribution in [-0.2, 0) is 9.59 Å². The topological polar surface area (TPSA) is 70.1 Å². The molecular weight excluding hydrogens is 344 g/mol. The van der Waals surface area contributed by atoms with Gasteiger partial charge in [-0.05, 0) is 50.2 Å². The van der Waals surface area contributed by atoms with Crippen LogP contribution < -0.4 is 4.74 Å². The number of carbonyl (C=O) groups excluding carboxylic acids is 2. The van der Waals surface area contributed by atoms with Crippen molar-refractivity contribution in [1.82, 2.24) is 9.80 Å². The molecule has 1 aliphatic carbocycles. The first kappa shape index (κ1) is 18.1. The normalized spacial score (nSPS) is 25.7. The largest absolute Gasteiger partial charge is 0.504 e. The molecule has 1 saturated carbocycles. The SMILES string of the molecule is O=C(COc1ccccc1O)N1CCC[C@@]2(CCC(=O)N(CC3CC3)C2)C1. The molecule has 1 aromatic rings. The van der Waals surface area contributed by atoms with Crippen molar-refractivity contribution in [1.29, 1.82) is 0 Å². The van der Waals surface area contributed by atoms with Gasteiger partial charge in [0, 0.05) is 38.0 Å². The summed E-state index contributed by atoms with van der Waals surface area (Å²) in [5, 5.41) is 9.78. The average molecular weight is 372 g/mol. The summed E-state index contributed by atoms with van der Waals surface area (Å²) in [6.07, 6.45) is 6.00. The molecule has 2 aliphatic heterocycles. The predicted octanol–water partition coefficient (Wildman–Crippen LogP) is 2.41. The minimum atomic E-state index is -0.0711. The van der Waals surface area contributed by atoms with E-state index in [9.17, 15) is 14.7 Å². The molecule has 0 aromatic heterocycles. The van der Waals surface area contributed by atoms with Crippen LogP contribution >= 0.6 is 0 Å². The summed E-state index contributed by atoms with van der Waals surface area (Å²) in [5.41, 5.74) is 0.0333. The summed E-state index contributed by atoms with van der Waals surface area (Å²) < 4.78 is 5.52. The fraction of sp³-hybridized carbons (Fsp3) is 0.619. The van der Waals surface area contributed by atoms with E-state index in [1.807, 2.05) is 9.80 Å². The van der Waals surface area contributed by atoms with Gasteiger partial charge in [0.1, 0.15) is 0 Å². The summed E-state index contributed by atoms with van der Waals surface area (Å²) in [4.78, 5) is 28.9. The quantitative estimate of drug-likeness (QED) is 0.862. The monoisotopic (exact) mass is 372 g/mol. The first-order valence-electron chi connectivity index (χ1n) is 10.0. The van der Waals surface area contributed by atoms with E-state index >= 15 is 0 Å².